The molecule has 14 heavy (non-hydrogen) atoms. The average Bonchev–Trinajstić information content (AvgIpc) is 2.01. The van der Waals surface area contributed by atoms with Crippen LogP contribution < -0.4 is 4.74 Å². The summed E-state index contributed by atoms with van der Waals surface area (Å²) in [6.07, 6.45) is -0.0872. The molecule has 0 N–H and O–H groups in total. The van der Waals surface area contributed by atoms with Gasteiger partial charge in [-0.05, 0) is 19.9 Å². The Morgan fingerprint density at radius 1 is 1.50 bits per heavy atom. The van der Waals surface area contributed by atoms with E-state index in [0.29, 0.717) is 5.75 Å². The highest BCUT2D eigenvalue weighted by atomic mass is 19.1. The fourth-order valence-corrected chi connectivity index (χ4v) is 0.981. The summed E-state index contributed by atoms with van der Waals surface area (Å²) in [5, 5.41) is 10.3. The van der Waals surface area contributed by atoms with E-state index in [4.69, 9.17) is 4.74 Å². The molecule has 0 aliphatic rings. The maximum absolute atomic E-state index is 13.0. The summed E-state index contributed by atoms with van der Waals surface area (Å²) < 4.78 is 18.2. The molecule has 1 aromatic rings. The van der Waals surface area contributed by atoms with Crippen molar-refractivity contribution in [2.24, 2.45) is 0 Å². The highest BCUT2D eigenvalue weighted by molar-refractivity contribution is 5.37. The van der Waals surface area contributed by atoms with Crippen LogP contribution in [0.25, 0.3) is 0 Å². The second-order valence-corrected chi connectivity index (χ2v) is 3.04. The summed E-state index contributed by atoms with van der Waals surface area (Å²) in [4.78, 5) is 9.51. The first-order chi connectivity index (χ1) is 6.50. The van der Waals surface area contributed by atoms with E-state index in [1.807, 2.05) is 0 Å². The van der Waals surface area contributed by atoms with Crippen LogP contribution in [0, 0.1) is 15.9 Å². The molecule has 0 amide bonds. The molecule has 0 spiro atoms. The molecule has 5 heteroatoms. The molecule has 1 aromatic carbocycles. The number of nitro groups is 1. The van der Waals surface area contributed by atoms with E-state index in [9.17, 15) is 14.5 Å². The number of nitrogens with zero attached hydrogens (tertiary/aromatic N) is 1. The molecule has 0 aliphatic heterocycles. The molecule has 0 saturated heterocycles. The molecule has 0 unspecified atom stereocenters. The molecule has 4 nitrogen and oxygen atoms in total. The van der Waals surface area contributed by atoms with Gasteiger partial charge in [0, 0.05) is 12.1 Å². The minimum Gasteiger partial charge on any atom is -0.491 e. The number of benzene rings is 1. The monoisotopic (exact) mass is 199 g/mol. The van der Waals surface area contributed by atoms with Crippen molar-refractivity contribution in [3.8, 4) is 5.75 Å². The summed E-state index contributed by atoms with van der Waals surface area (Å²) in [5.74, 6) is -0.587. The van der Waals surface area contributed by atoms with Crippen LogP contribution >= 0.6 is 0 Å². The summed E-state index contributed by atoms with van der Waals surface area (Å²) in [7, 11) is 0. The second-order valence-electron chi connectivity index (χ2n) is 3.04. The van der Waals surface area contributed by atoms with Gasteiger partial charge < -0.3 is 4.74 Å². The number of halogens is 1. The Morgan fingerprint density at radius 2 is 2.14 bits per heavy atom. The molecule has 76 valence electrons. The van der Waals surface area contributed by atoms with Gasteiger partial charge in [-0.2, -0.15) is 4.39 Å². The van der Waals surface area contributed by atoms with Crippen LogP contribution in [0.4, 0.5) is 10.1 Å². The molecule has 0 atom stereocenters. The van der Waals surface area contributed by atoms with Crippen molar-refractivity contribution in [2.75, 3.05) is 0 Å². The van der Waals surface area contributed by atoms with Crippen LogP contribution in [-0.4, -0.2) is 11.0 Å². The lowest BCUT2D eigenvalue weighted by Gasteiger charge is -2.08. The van der Waals surface area contributed by atoms with Gasteiger partial charge in [0.25, 0.3) is 0 Å². The van der Waals surface area contributed by atoms with E-state index < -0.39 is 16.4 Å². The van der Waals surface area contributed by atoms with Crippen molar-refractivity contribution >= 4 is 5.69 Å². The zero-order valence-corrected chi connectivity index (χ0v) is 7.86. The largest absolute Gasteiger partial charge is 0.491 e. The molecule has 0 heterocycles. The van der Waals surface area contributed by atoms with Crippen LogP contribution in [0.15, 0.2) is 18.2 Å². The van der Waals surface area contributed by atoms with Crippen molar-refractivity contribution in [3.05, 3.63) is 34.1 Å². The minimum absolute atomic E-state index is 0.0872. The van der Waals surface area contributed by atoms with Crippen molar-refractivity contribution in [2.45, 2.75) is 20.0 Å². The lowest BCUT2D eigenvalue weighted by Crippen LogP contribution is -2.05. The van der Waals surface area contributed by atoms with Gasteiger partial charge in [-0.15, -0.1) is 0 Å². The maximum Gasteiger partial charge on any atom is 0.305 e. The predicted octanol–water partition coefficient (Wildman–Crippen LogP) is 2.52. The minimum atomic E-state index is -0.881. The third kappa shape index (κ3) is 2.42. The first-order valence-electron chi connectivity index (χ1n) is 4.11. The number of nitro benzene ring substituents is 1. The van der Waals surface area contributed by atoms with E-state index in [-0.39, 0.29) is 6.10 Å². The predicted molar refractivity (Wildman–Crippen MR) is 48.8 cm³/mol. The quantitative estimate of drug-likeness (QED) is 0.555. The third-order valence-corrected chi connectivity index (χ3v) is 1.49. The second kappa shape index (κ2) is 4.04. The SMILES string of the molecule is CC(C)Oc1ccc([N+](=O)[O-])c(F)c1. The number of hydrogen-bond donors (Lipinski definition) is 0. The van der Waals surface area contributed by atoms with Gasteiger partial charge >= 0.3 is 5.69 Å². The molecule has 1 rings (SSSR count). The molecule has 0 saturated carbocycles. The van der Waals surface area contributed by atoms with Crippen LogP contribution in [0.5, 0.6) is 5.75 Å². The van der Waals surface area contributed by atoms with Gasteiger partial charge in [-0.25, -0.2) is 0 Å². The fourth-order valence-electron chi connectivity index (χ4n) is 0.981. The van der Waals surface area contributed by atoms with Gasteiger partial charge in [0.2, 0.25) is 5.82 Å². The molecule has 0 bridgehead atoms. The molecule has 0 aliphatic carbocycles. The fraction of sp³-hybridized carbons (Fsp3) is 0.333. The zero-order chi connectivity index (χ0) is 10.7. The molecule has 0 aromatic heterocycles. The zero-order valence-electron chi connectivity index (χ0n) is 7.86. The molecule has 0 radical (unpaired) electrons. The normalized spacial score (nSPS) is 10.3. The van der Waals surface area contributed by atoms with E-state index in [1.165, 1.54) is 6.07 Å². The van der Waals surface area contributed by atoms with Crippen molar-refractivity contribution in [3.63, 3.8) is 0 Å². The molecular formula is C9H10FNO3. The summed E-state index contributed by atoms with van der Waals surface area (Å²) >= 11 is 0. The van der Waals surface area contributed by atoms with Gasteiger partial charge in [0.1, 0.15) is 5.75 Å². The van der Waals surface area contributed by atoms with Crippen LogP contribution in [0.2, 0.25) is 0 Å². The highest BCUT2D eigenvalue weighted by Gasteiger charge is 2.14. The Bertz CT molecular complexity index is 352. The molecule has 0 fully saturated rings. The third-order valence-electron chi connectivity index (χ3n) is 1.49. The standard InChI is InChI=1S/C9H10FNO3/c1-6(2)14-7-3-4-9(11(12)13)8(10)5-7/h3-6H,1-2H3. The van der Waals surface area contributed by atoms with Gasteiger partial charge in [-0.3, -0.25) is 10.1 Å². The Hall–Kier alpha value is -1.65. The summed E-state index contributed by atoms with van der Waals surface area (Å²) in [6, 6.07) is 3.48. The van der Waals surface area contributed by atoms with E-state index >= 15 is 0 Å². The van der Waals surface area contributed by atoms with E-state index in [2.05, 4.69) is 0 Å². The maximum atomic E-state index is 13.0. The topological polar surface area (TPSA) is 52.4 Å². The van der Waals surface area contributed by atoms with Crippen LogP contribution in [0.3, 0.4) is 0 Å². The Kier molecular flexibility index (Phi) is 3.01. The van der Waals surface area contributed by atoms with E-state index in [0.717, 1.165) is 12.1 Å². The Labute approximate surface area is 80.5 Å². The number of hydrogen-bond acceptors (Lipinski definition) is 3. The summed E-state index contributed by atoms with van der Waals surface area (Å²) in [5.41, 5.74) is -0.541. The average molecular weight is 199 g/mol. The van der Waals surface area contributed by atoms with Crippen molar-refractivity contribution in [1.82, 2.24) is 0 Å². The Morgan fingerprint density at radius 3 is 2.57 bits per heavy atom. The van der Waals surface area contributed by atoms with Crippen LogP contribution in [0.1, 0.15) is 13.8 Å². The van der Waals surface area contributed by atoms with Gasteiger partial charge in [-0.1, -0.05) is 0 Å². The Balaban J connectivity index is 2.94. The first kappa shape index (κ1) is 10.4. The first-order valence-corrected chi connectivity index (χ1v) is 4.11. The smallest absolute Gasteiger partial charge is 0.305 e. The molecular weight excluding hydrogens is 189 g/mol. The van der Waals surface area contributed by atoms with Crippen molar-refractivity contribution < 1.29 is 14.1 Å². The number of ether oxygens (including phenoxy) is 1. The van der Waals surface area contributed by atoms with Crippen molar-refractivity contribution in [1.29, 1.82) is 0 Å². The van der Waals surface area contributed by atoms with Crippen LogP contribution in [-0.2, 0) is 0 Å². The van der Waals surface area contributed by atoms with Gasteiger partial charge in [0.05, 0.1) is 11.0 Å². The van der Waals surface area contributed by atoms with Gasteiger partial charge in [0.15, 0.2) is 0 Å². The van der Waals surface area contributed by atoms with E-state index in [1.54, 1.807) is 13.8 Å². The number of rotatable bonds is 3. The lowest BCUT2D eigenvalue weighted by atomic mass is 10.3. The highest BCUT2D eigenvalue weighted by Crippen LogP contribution is 2.22. The lowest BCUT2D eigenvalue weighted by molar-refractivity contribution is -0.387. The summed E-state index contributed by atoms with van der Waals surface area (Å²) in [6.45, 7) is 3.58.